The summed E-state index contributed by atoms with van der Waals surface area (Å²) in [6, 6.07) is 7.40. The van der Waals surface area contributed by atoms with E-state index < -0.39 is 10.0 Å². The molecule has 1 saturated carbocycles. The molecule has 1 saturated heterocycles. The number of carbonyl (C=O) groups excluding carboxylic acids is 1. The third kappa shape index (κ3) is 6.50. The number of nitrogens with one attached hydrogen (secondary N) is 1. The highest BCUT2D eigenvalue weighted by atomic mass is 35.5. The van der Waals surface area contributed by atoms with Gasteiger partial charge in [-0.2, -0.15) is 9.40 Å². The first-order valence-corrected chi connectivity index (χ1v) is 13.8. The van der Waals surface area contributed by atoms with Crippen molar-refractivity contribution in [1.82, 2.24) is 24.3 Å². The third-order valence-electron chi connectivity index (χ3n) is 6.25. The lowest BCUT2D eigenvalue weighted by molar-refractivity contribution is 0.0941. The highest BCUT2D eigenvalue weighted by molar-refractivity contribution is 7.88. The molecule has 2 heterocycles. The van der Waals surface area contributed by atoms with E-state index in [0.717, 1.165) is 50.2 Å². The molecular weight excluding hydrogens is 478 g/mol. The molecule has 1 N–H and O–H groups in total. The van der Waals surface area contributed by atoms with Crippen molar-refractivity contribution < 1.29 is 17.9 Å². The molecule has 4 rings (SSSR count). The van der Waals surface area contributed by atoms with E-state index in [1.165, 1.54) is 10.6 Å². The minimum atomic E-state index is -3.10. The number of piperazine rings is 1. The van der Waals surface area contributed by atoms with Crippen LogP contribution in [0, 0.1) is 0 Å². The summed E-state index contributed by atoms with van der Waals surface area (Å²) in [5, 5.41) is 7.88. The van der Waals surface area contributed by atoms with E-state index in [9.17, 15) is 13.2 Å². The van der Waals surface area contributed by atoms with Gasteiger partial charge in [0, 0.05) is 52.2 Å². The molecule has 0 unspecified atom stereocenters. The predicted octanol–water partition coefficient (Wildman–Crippen LogP) is 2.23. The summed E-state index contributed by atoms with van der Waals surface area (Å²) in [6.07, 6.45) is 4.37. The zero-order valence-corrected chi connectivity index (χ0v) is 21.2. The maximum atomic E-state index is 12.6. The maximum absolute atomic E-state index is 12.6. The lowest BCUT2D eigenvalue weighted by Gasteiger charge is -2.33. The number of hydrogen-bond donors (Lipinski definition) is 1. The zero-order chi connectivity index (χ0) is 24.3. The number of nitrogens with zero attached hydrogens (tertiary/aromatic N) is 4. The molecule has 11 heteroatoms. The van der Waals surface area contributed by atoms with Crippen LogP contribution >= 0.6 is 11.6 Å². The number of aryl methyl sites for hydroxylation is 1. The average Bonchev–Trinajstić information content (AvgIpc) is 3.57. The van der Waals surface area contributed by atoms with Crippen molar-refractivity contribution >= 4 is 27.5 Å². The highest BCUT2D eigenvalue weighted by Gasteiger charge is 2.28. The molecule has 34 heavy (non-hydrogen) atoms. The van der Waals surface area contributed by atoms with E-state index in [0.29, 0.717) is 48.6 Å². The normalized spacial score (nSPS) is 17.6. The standard InChI is InChI=1S/C23H32ClN5O4S/c1-27-21(15-20(26-27)18-5-6-18)23(30)25-16-17-4-7-22(19(24)14-17)33-13-3-8-28-9-11-29(12-10-28)34(2,31)32/h4,7,14-15,18H,3,5-6,8-13,16H2,1-2H3,(H,25,30). The lowest BCUT2D eigenvalue weighted by atomic mass is 10.2. The van der Waals surface area contributed by atoms with Crippen molar-refractivity contribution in [3.05, 3.63) is 46.2 Å². The summed E-state index contributed by atoms with van der Waals surface area (Å²) < 4.78 is 32.2. The Morgan fingerprint density at radius 1 is 1.21 bits per heavy atom. The number of sulfonamides is 1. The van der Waals surface area contributed by atoms with Crippen LogP contribution < -0.4 is 10.1 Å². The van der Waals surface area contributed by atoms with Gasteiger partial charge in [-0.25, -0.2) is 8.42 Å². The Bertz CT molecular complexity index is 1120. The average molecular weight is 510 g/mol. The molecular formula is C23H32ClN5O4S. The molecule has 0 radical (unpaired) electrons. The van der Waals surface area contributed by atoms with Gasteiger partial charge < -0.3 is 15.0 Å². The van der Waals surface area contributed by atoms with E-state index in [1.807, 2.05) is 18.2 Å². The van der Waals surface area contributed by atoms with E-state index in [4.69, 9.17) is 16.3 Å². The summed E-state index contributed by atoms with van der Waals surface area (Å²) in [5.74, 6) is 0.958. The van der Waals surface area contributed by atoms with Crippen LogP contribution in [-0.2, 0) is 23.6 Å². The maximum Gasteiger partial charge on any atom is 0.269 e. The van der Waals surface area contributed by atoms with Gasteiger partial charge in [-0.15, -0.1) is 0 Å². The number of aromatic nitrogens is 2. The van der Waals surface area contributed by atoms with Gasteiger partial charge in [-0.05, 0) is 43.0 Å². The first-order chi connectivity index (χ1) is 16.2. The van der Waals surface area contributed by atoms with Crippen molar-refractivity contribution in [3.63, 3.8) is 0 Å². The Balaban J connectivity index is 1.19. The fourth-order valence-electron chi connectivity index (χ4n) is 4.08. The van der Waals surface area contributed by atoms with Crippen LogP contribution in [0.1, 0.15) is 46.9 Å². The molecule has 1 aromatic carbocycles. The fraction of sp³-hybridized carbons (Fsp3) is 0.565. The van der Waals surface area contributed by atoms with Gasteiger partial charge in [0.15, 0.2) is 0 Å². The second kappa shape index (κ2) is 10.6. The van der Waals surface area contributed by atoms with Gasteiger partial charge in [-0.3, -0.25) is 9.48 Å². The fourth-order valence-corrected chi connectivity index (χ4v) is 5.16. The molecule has 0 atom stereocenters. The molecule has 186 valence electrons. The molecule has 2 fully saturated rings. The Morgan fingerprint density at radius 2 is 1.94 bits per heavy atom. The SMILES string of the molecule is Cn1nc(C2CC2)cc1C(=O)NCc1ccc(OCCCN2CCN(S(C)(=O)=O)CC2)c(Cl)c1. The topological polar surface area (TPSA) is 96.8 Å². The Hall–Kier alpha value is -2.14. The summed E-state index contributed by atoms with van der Waals surface area (Å²) >= 11 is 6.39. The van der Waals surface area contributed by atoms with Crippen molar-refractivity contribution in [2.24, 2.45) is 7.05 Å². The molecule has 9 nitrogen and oxygen atoms in total. The minimum Gasteiger partial charge on any atom is -0.492 e. The molecule has 2 aromatic rings. The van der Waals surface area contributed by atoms with Crippen LogP contribution in [0.4, 0.5) is 0 Å². The minimum absolute atomic E-state index is 0.157. The summed E-state index contributed by atoms with van der Waals surface area (Å²) in [7, 11) is -1.31. The first-order valence-electron chi connectivity index (χ1n) is 11.6. The van der Waals surface area contributed by atoms with Crippen molar-refractivity contribution in [1.29, 1.82) is 0 Å². The van der Waals surface area contributed by atoms with E-state index >= 15 is 0 Å². The number of amides is 1. The van der Waals surface area contributed by atoms with Crippen molar-refractivity contribution in [3.8, 4) is 5.75 Å². The van der Waals surface area contributed by atoms with E-state index in [-0.39, 0.29) is 5.91 Å². The van der Waals surface area contributed by atoms with Gasteiger partial charge in [0.2, 0.25) is 10.0 Å². The van der Waals surface area contributed by atoms with Gasteiger partial charge in [0.05, 0.1) is 23.6 Å². The number of hydrogen-bond acceptors (Lipinski definition) is 6. The molecule has 1 amide bonds. The van der Waals surface area contributed by atoms with Crippen LogP contribution in [0.2, 0.25) is 5.02 Å². The second-order valence-corrected chi connectivity index (χ2v) is 11.4. The highest BCUT2D eigenvalue weighted by Crippen LogP contribution is 2.39. The molecule has 1 aliphatic heterocycles. The molecule has 0 spiro atoms. The smallest absolute Gasteiger partial charge is 0.269 e. The van der Waals surface area contributed by atoms with Crippen LogP contribution in [0.3, 0.4) is 0 Å². The number of ether oxygens (including phenoxy) is 1. The first kappa shape index (κ1) is 25.0. The second-order valence-electron chi connectivity index (χ2n) is 9.01. The van der Waals surface area contributed by atoms with E-state index in [1.54, 1.807) is 17.8 Å². The quantitative estimate of drug-likeness (QED) is 0.493. The van der Waals surface area contributed by atoms with Crippen molar-refractivity contribution in [2.75, 3.05) is 45.6 Å². The zero-order valence-electron chi connectivity index (χ0n) is 19.7. The summed E-state index contributed by atoms with van der Waals surface area (Å²) in [5.41, 5.74) is 2.44. The van der Waals surface area contributed by atoms with Gasteiger partial charge >= 0.3 is 0 Å². The number of carbonyl (C=O) groups is 1. The largest absolute Gasteiger partial charge is 0.492 e. The lowest BCUT2D eigenvalue weighted by Crippen LogP contribution is -2.48. The molecule has 0 bridgehead atoms. The monoisotopic (exact) mass is 509 g/mol. The third-order valence-corrected chi connectivity index (χ3v) is 7.85. The Morgan fingerprint density at radius 3 is 2.59 bits per heavy atom. The van der Waals surface area contributed by atoms with Crippen LogP contribution in [0.25, 0.3) is 0 Å². The van der Waals surface area contributed by atoms with Crippen molar-refractivity contribution in [2.45, 2.75) is 31.7 Å². The Labute approximate surface area is 206 Å². The molecule has 1 aromatic heterocycles. The van der Waals surface area contributed by atoms with E-state index in [2.05, 4.69) is 15.3 Å². The van der Waals surface area contributed by atoms with Crippen LogP contribution in [0.5, 0.6) is 5.75 Å². The van der Waals surface area contributed by atoms with Crippen LogP contribution in [-0.4, -0.2) is 78.9 Å². The van der Waals surface area contributed by atoms with Gasteiger partial charge in [-0.1, -0.05) is 17.7 Å². The van der Waals surface area contributed by atoms with Gasteiger partial charge in [0.1, 0.15) is 11.4 Å². The molecule has 1 aliphatic carbocycles. The Kier molecular flexibility index (Phi) is 7.81. The number of benzene rings is 1. The summed E-state index contributed by atoms with van der Waals surface area (Å²) in [6.45, 7) is 4.26. The number of halogens is 1. The number of rotatable bonds is 10. The predicted molar refractivity (Wildman–Crippen MR) is 131 cm³/mol. The molecule has 2 aliphatic rings. The van der Waals surface area contributed by atoms with Crippen LogP contribution in [0.15, 0.2) is 24.3 Å². The summed E-state index contributed by atoms with van der Waals surface area (Å²) in [4.78, 5) is 14.8. The van der Waals surface area contributed by atoms with Gasteiger partial charge in [0.25, 0.3) is 5.91 Å².